The molecular formula is C20H23NO5S. The number of ether oxygens (including phenoxy) is 2. The first-order chi connectivity index (χ1) is 12.8. The van der Waals surface area contributed by atoms with E-state index in [1.807, 2.05) is 0 Å². The normalized spacial score (nSPS) is 11.1. The van der Waals surface area contributed by atoms with Crippen molar-refractivity contribution < 1.29 is 22.7 Å². The molecule has 0 radical (unpaired) electrons. The summed E-state index contributed by atoms with van der Waals surface area (Å²) < 4.78 is 37.9. The van der Waals surface area contributed by atoms with Crippen molar-refractivity contribution in [3.8, 4) is 5.75 Å². The van der Waals surface area contributed by atoms with Gasteiger partial charge in [-0.15, -0.1) is 0 Å². The third-order valence-corrected chi connectivity index (χ3v) is 5.23. The molecule has 2 rings (SSSR count). The quantitative estimate of drug-likeness (QED) is 0.485. The standard InChI is InChI=1S/C20H23NO5S/c1-4-13-25-18-10-8-9-17(14-18)21(15-20(22)26-16(2)3)27(23,24)19-11-6-5-7-12-19/h4-12,14,16H,1,13,15H2,2-3H3. The van der Waals surface area contributed by atoms with Crippen LogP contribution >= 0.6 is 0 Å². The first-order valence-electron chi connectivity index (χ1n) is 8.45. The lowest BCUT2D eigenvalue weighted by molar-refractivity contribution is -0.145. The number of nitrogens with zero attached hydrogens (tertiary/aromatic N) is 1. The fourth-order valence-corrected chi connectivity index (χ4v) is 3.76. The van der Waals surface area contributed by atoms with Crippen molar-refractivity contribution in [3.05, 3.63) is 67.3 Å². The van der Waals surface area contributed by atoms with E-state index in [0.29, 0.717) is 11.4 Å². The molecule has 6 nitrogen and oxygen atoms in total. The largest absolute Gasteiger partial charge is 0.489 e. The molecule has 0 heterocycles. The lowest BCUT2D eigenvalue weighted by Gasteiger charge is -2.24. The van der Waals surface area contributed by atoms with Crippen molar-refractivity contribution in [3.63, 3.8) is 0 Å². The monoisotopic (exact) mass is 389 g/mol. The summed E-state index contributed by atoms with van der Waals surface area (Å²) in [6, 6.07) is 14.5. The predicted molar refractivity (Wildman–Crippen MR) is 104 cm³/mol. The average Bonchev–Trinajstić information content (AvgIpc) is 2.64. The molecule has 0 bridgehead atoms. The number of carbonyl (C=O) groups excluding carboxylic acids is 1. The number of sulfonamides is 1. The summed E-state index contributed by atoms with van der Waals surface area (Å²) in [5, 5.41) is 0. The van der Waals surface area contributed by atoms with Crippen LogP contribution in [0.4, 0.5) is 5.69 Å². The molecule has 0 unspecified atom stereocenters. The zero-order valence-corrected chi connectivity index (χ0v) is 16.2. The molecule has 0 aromatic heterocycles. The SMILES string of the molecule is C=CCOc1cccc(N(CC(=O)OC(C)C)S(=O)(=O)c2ccccc2)c1. The number of carbonyl (C=O) groups is 1. The second-order valence-corrected chi connectivity index (χ2v) is 7.82. The summed E-state index contributed by atoms with van der Waals surface area (Å²) in [5.74, 6) is -0.167. The maximum Gasteiger partial charge on any atom is 0.327 e. The van der Waals surface area contributed by atoms with Crippen LogP contribution in [0.25, 0.3) is 0 Å². The molecule has 144 valence electrons. The Labute approximate surface area is 160 Å². The van der Waals surface area contributed by atoms with E-state index < -0.39 is 22.5 Å². The van der Waals surface area contributed by atoms with E-state index in [4.69, 9.17) is 9.47 Å². The minimum atomic E-state index is -3.97. The number of esters is 1. The molecule has 0 saturated carbocycles. The van der Waals surface area contributed by atoms with Crippen LogP contribution in [-0.4, -0.2) is 33.6 Å². The van der Waals surface area contributed by atoms with Gasteiger partial charge in [0.15, 0.2) is 0 Å². The van der Waals surface area contributed by atoms with Gasteiger partial charge in [-0.3, -0.25) is 9.10 Å². The second kappa shape index (κ2) is 9.23. The van der Waals surface area contributed by atoms with Gasteiger partial charge in [0.1, 0.15) is 18.9 Å². The van der Waals surface area contributed by atoms with Gasteiger partial charge < -0.3 is 9.47 Å². The molecular weight excluding hydrogens is 366 g/mol. The molecule has 0 spiro atoms. The first-order valence-corrected chi connectivity index (χ1v) is 9.89. The van der Waals surface area contributed by atoms with E-state index >= 15 is 0 Å². The van der Waals surface area contributed by atoms with Crippen molar-refractivity contribution in [2.75, 3.05) is 17.5 Å². The van der Waals surface area contributed by atoms with Gasteiger partial charge in [-0.05, 0) is 38.1 Å². The Morgan fingerprint density at radius 3 is 2.48 bits per heavy atom. The number of rotatable bonds is 9. The van der Waals surface area contributed by atoms with Crippen LogP contribution < -0.4 is 9.04 Å². The lowest BCUT2D eigenvalue weighted by Crippen LogP contribution is -2.37. The maximum atomic E-state index is 13.1. The molecule has 0 saturated heterocycles. The van der Waals surface area contributed by atoms with Gasteiger partial charge in [0.2, 0.25) is 0 Å². The van der Waals surface area contributed by atoms with Gasteiger partial charge in [-0.1, -0.05) is 36.9 Å². The van der Waals surface area contributed by atoms with Crippen LogP contribution in [-0.2, 0) is 19.6 Å². The Bertz CT molecular complexity index is 878. The minimum Gasteiger partial charge on any atom is -0.489 e. The number of anilines is 1. The Morgan fingerprint density at radius 1 is 1.15 bits per heavy atom. The summed E-state index contributed by atoms with van der Waals surface area (Å²) in [4.78, 5) is 12.3. The molecule has 0 amide bonds. The van der Waals surface area contributed by atoms with Crippen LogP contribution in [0.3, 0.4) is 0 Å². The maximum absolute atomic E-state index is 13.1. The minimum absolute atomic E-state index is 0.0831. The molecule has 0 N–H and O–H groups in total. The van der Waals surface area contributed by atoms with Crippen molar-refractivity contribution >= 4 is 21.7 Å². The van der Waals surface area contributed by atoms with Gasteiger partial charge in [0.25, 0.3) is 10.0 Å². The van der Waals surface area contributed by atoms with Crippen LogP contribution in [0.2, 0.25) is 0 Å². The zero-order valence-electron chi connectivity index (χ0n) is 15.4. The average molecular weight is 389 g/mol. The summed E-state index contributed by atoms with van der Waals surface area (Å²) in [5.41, 5.74) is 0.307. The van der Waals surface area contributed by atoms with Gasteiger partial charge in [-0.2, -0.15) is 0 Å². The molecule has 27 heavy (non-hydrogen) atoms. The van der Waals surface area contributed by atoms with Crippen LogP contribution in [0.5, 0.6) is 5.75 Å². The Kier molecular flexibility index (Phi) is 7.01. The first kappa shape index (κ1) is 20.5. The van der Waals surface area contributed by atoms with E-state index in [-0.39, 0.29) is 17.6 Å². The number of benzene rings is 2. The molecule has 0 aliphatic carbocycles. The van der Waals surface area contributed by atoms with Gasteiger partial charge in [0, 0.05) is 6.07 Å². The summed E-state index contributed by atoms with van der Waals surface area (Å²) in [6.45, 7) is 6.84. The molecule has 7 heteroatoms. The van der Waals surface area contributed by atoms with E-state index in [9.17, 15) is 13.2 Å². The van der Waals surface area contributed by atoms with Gasteiger partial charge in [0.05, 0.1) is 16.7 Å². The van der Waals surface area contributed by atoms with Crippen molar-refractivity contribution in [2.45, 2.75) is 24.8 Å². The highest BCUT2D eigenvalue weighted by Gasteiger charge is 2.28. The Morgan fingerprint density at radius 2 is 1.85 bits per heavy atom. The predicted octanol–water partition coefficient (Wildman–Crippen LogP) is 3.40. The van der Waals surface area contributed by atoms with Crippen LogP contribution in [0, 0.1) is 0 Å². The van der Waals surface area contributed by atoms with Gasteiger partial charge >= 0.3 is 5.97 Å². The van der Waals surface area contributed by atoms with E-state index in [0.717, 1.165) is 4.31 Å². The third kappa shape index (κ3) is 5.59. The zero-order chi connectivity index (χ0) is 19.9. The van der Waals surface area contributed by atoms with Gasteiger partial charge in [-0.25, -0.2) is 8.42 Å². The Hall–Kier alpha value is -2.80. The molecule has 0 fully saturated rings. The molecule has 2 aromatic carbocycles. The summed E-state index contributed by atoms with van der Waals surface area (Å²) in [7, 11) is -3.97. The van der Waals surface area contributed by atoms with E-state index in [2.05, 4.69) is 6.58 Å². The van der Waals surface area contributed by atoms with Crippen LogP contribution in [0.1, 0.15) is 13.8 Å². The summed E-state index contributed by atoms with van der Waals surface area (Å²) in [6.07, 6.45) is 1.24. The van der Waals surface area contributed by atoms with E-state index in [1.54, 1.807) is 62.4 Å². The highest BCUT2D eigenvalue weighted by molar-refractivity contribution is 7.92. The van der Waals surface area contributed by atoms with E-state index in [1.165, 1.54) is 12.1 Å². The molecule has 0 aliphatic heterocycles. The smallest absolute Gasteiger partial charge is 0.327 e. The summed E-state index contributed by atoms with van der Waals surface area (Å²) >= 11 is 0. The number of hydrogen-bond donors (Lipinski definition) is 0. The van der Waals surface area contributed by atoms with Crippen molar-refractivity contribution in [1.82, 2.24) is 0 Å². The third-order valence-electron chi connectivity index (χ3n) is 3.44. The number of hydrogen-bond acceptors (Lipinski definition) is 5. The van der Waals surface area contributed by atoms with Crippen molar-refractivity contribution in [1.29, 1.82) is 0 Å². The highest BCUT2D eigenvalue weighted by atomic mass is 32.2. The fourth-order valence-electron chi connectivity index (χ4n) is 2.34. The molecule has 2 aromatic rings. The highest BCUT2D eigenvalue weighted by Crippen LogP contribution is 2.27. The topological polar surface area (TPSA) is 72.9 Å². The lowest BCUT2D eigenvalue weighted by atomic mass is 10.3. The second-order valence-electron chi connectivity index (χ2n) is 5.96. The fraction of sp³-hybridized carbons (Fsp3) is 0.250. The van der Waals surface area contributed by atoms with Crippen molar-refractivity contribution in [2.24, 2.45) is 0 Å². The van der Waals surface area contributed by atoms with Crippen LogP contribution in [0.15, 0.2) is 72.1 Å². The molecule has 0 atom stereocenters. The Balaban J connectivity index is 2.44. The molecule has 0 aliphatic rings.